The van der Waals surface area contributed by atoms with Crippen LogP contribution in [-0.4, -0.2) is 22.4 Å². The Kier molecular flexibility index (Phi) is 3.93. The fourth-order valence-electron chi connectivity index (χ4n) is 2.47. The molecule has 0 saturated heterocycles. The maximum absolute atomic E-state index is 12.3. The van der Waals surface area contributed by atoms with E-state index < -0.39 is 16.8 Å². The molecule has 4 nitrogen and oxygen atoms in total. The number of carbonyl (C=O) groups is 1. The van der Waals surface area contributed by atoms with E-state index in [4.69, 9.17) is 16.3 Å². The number of hydrogen-bond acceptors (Lipinski definition) is 3. The lowest BCUT2D eigenvalue weighted by atomic mass is 9.93. The Morgan fingerprint density at radius 1 is 1.45 bits per heavy atom. The minimum atomic E-state index is -1.75. The van der Waals surface area contributed by atoms with E-state index in [2.05, 4.69) is 0 Å². The zero-order chi connectivity index (χ0) is 15.2. The number of ether oxygens (including phenoxy) is 1. The highest BCUT2D eigenvalue weighted by Gasteiger charge is 2.36. The number of methoxy groups -OCH3 is 1. The van der Waals surface area contributed by atoms with Gasteiger partial charge in [-0.05, 0) is 24.5 Å². The molecule has 0 aliphatic carbocycles. The lowest BCUT2D eigenvalue weighted by Gasteiger charge is -2.18. The highest BCUT2D eigenvalue weighted by atomic mass is 35.5. The average molecular weight is 315 g/mol. The number of rotatable bonds is 3. The highest BCUT2D eigenvalue weighted by molar-refractivity contribution is 7.91. The maximum Gasteiger partial charge on any atom is 0.346 e. The molecule has 0 spiro atoms. The molecule has 6 heteroatoms. The Hall–Kier alpha value is -1.33. The molecular weight excluding hydrogens is 300 g/mol. The van der Waals surface area contributed by atoms with Crippen LogP contribution in [0.2, 0.25) is 0 Å². The summed E-state index contributed by atoms with van der Waals surface area (Å²) in [6.45, 7) is 5.77. The van der Waals surface area contributed by atoms with E-state index in [1.54, 1.807) is 13.2 Å². The number of aryl methyl sites for hydroxylation is 1. The lowest BCUT2D eigenvalue weighted by molar-refractivity contribution is -0.131. The van der Waals surface area contributed by atoms with E-state index in [0.717, 1.165) is 11.1 Å². The SMILES string of the molecule is COc1c(C)cc2c(c1C(C)C)C(Cl)=C(C(=O)O)S2=O. The van der Waals surface area contributed by atoms with E-state index in [1.807, 2.05) is 20.8 Å². The topological polar surface area (TPSA) is 63.6 Å². The first-order chi connectivity index (χ1) is 9.31. The minimum Gasteiger partial charge on any atom is -0.496 e. The van der Waals surface area contributed by atoms with Gasteiger partial charge in [0.1, 0.15) is 10.7 Å². The first kappa shape index (κ1) is 15.1. The summed E-state index contributed by atoms with van der Waals surface area (Å²) in [5.41, 5.74) is 2.16. The monoisotopic (exact) mass is 314 g/mol. The molecule has 1 N–H and O–H groups in total. The van der Waals surface area contributed by atoms with Crippen LogP contribution in [0.1, 0.15) is 36.5 Å². The van der Waals surface area contributed by atoms with Gasteiger partial charge in [0, 0.05) is 11.1 Å². The van der Waals surface area contributed by atoms with Crippen LogP contribution in [0.4, 0.5) is 0 Å². The Morgan fingerprint density at radius 3 is 2.50 bits per heavy atom. The van der Waals surface area contributed by atoms with Crippen LogP contribution in [0.25, 0.3) is 5.03 Å². The van der Waals surface area contributed by atoms with Crippen LogP contribution >= 0.6 is 11.6 Å². The van der Waals surface area contributed by atoms with Crippen LogP contribution in [0.3, 0.4) is 0 Å². The first-order valence-electron chi connectivity index (χ1n) is 6.07. The van der Waals surface area contributed by atoms with Crippen molar-refractivity contribution in [2.24, 2.45) is 0 Å². The van der Waals surface area contributed by atoms with Gasteiger partial charge in [-0.15, -0.1) is 0 Å². The fraction of sp³-hybridized carbons (Fsp3) is 0.357. The molecule has 1 aliphatic rings. The Morgan fingerprint density at radius 2 is 2.05 bits per heavy atom. The number of carboxylic acid groups (broad SMARTS) is 1. The molecule has 1 heterocycles. The van der Waals surface area contributed by atoms with Gasteiger partial charge in [0.25, 0.3) is 0 Å². The summed E-state index contributed by atoms with van der Waals surface area (Å²) in [4.78, 5) is 11.4. The number of halogens is 1. The predicted octanol–water partition coefficient (Wildman–Crippen LogP) is 3.24. The molecule has 0 radical (unpaired) electrons. The van der Waals surface area contributed by atoms with Crippen molar-refractivity contribution in [2.45, 2.75) is 31.6 Å². The van der Waals surface area contributed by atoms with Crippen molar-refractivity contribution in [1.82, 2.24) is 0 Å². The summed E-state index contributed by atoms with van der Waals surface area (Å²) in [6.07, 6.45) is 0. The molecule has 1 aromatic carbocycles. The Balaban J connectivity index is 2.88. The summed E-state index contributed by atoms with van der Waals surface area (Å²) in [5, 5.41) is 9.23. The van der Waals surface area contributed by atoms with Crippen molar-refractivity contribution in [3.8, 4) is 5.75 Å². The molecule has 2 rings (SSSR count). The second kappa shape index (κ2) is 5.22. The summed E-state index contributed by atoms with van der Waals surface area (Å²) in [6, 6.07) is 1.69. The molecule has 20 heavy (non-hydrogen) atoms. The average Bonchev–Trinajstić information content (AvgIpc) is 2.59. The molecule has 1 atom stereocenters. The van der Waals surface area contributed by atoms with E-state index >= 15 is 0 Å². The number of aliphatic carboxylic acids is 1. The minimum absolute atomic E-state index is 0.0489. The van der Waals surface area contributed by atoms with Crippen molar-refractivity contribution >= 4 is 33.4 Å². The quantitative estimate of drug-likeness (QED) is 0.930. The van der Waals surface area contributed by atoms with Crippen molar-refractivity contribution in [3.05, 3.63) is 27.7 Å². The van der Waals surface area contributed by atoms with Gasteiger partial charge >= 0.3 is 5.97 Å². The smallest absolute Gasteiger partial charge is 0.346 e. The van der Waals surface area contributed by atoms with Gasteiger partial charge in [-0.3, -0.25) is 0 Å². The standard InChI is InChI=1S/C14H15ClO4S/c1-6(2)9-10-8(5-7(3)12(9)19-4)20(18)13(11(10)15)14(16)17/h5-6H,1-4H3,(H,16,17). The van der Waals surface area contributed by atoms with Crippen molar-refractivity contribution in [2.75, 3.05) is 7.11 Å². The molecule has 0 aromatic heterocycles. The van der Waals surface area contributed by atoms with Gasteiger partial charge in [-0.2, -0.15) is 0 Å². The molecule has 108 valence electrons. The van der Waals surface area contributed by atoms with Crippen LogP contribution in [0.15, 0.2) is 15.9 Å². The van der Waals surface area contributed by atoms with Gasteiger partial charge in [-0.25, -0.2) is 9.00 Å². The van der Waals surface area contributed by atoms with Gasteiger partial charge in [0.15, 0.2) is 0 Å². The van der Waals surface area contributed by atoms with Gasteiger partial charge in [-0.1, -0.05) is 25.4 Å². The van der Waals surface area contributed by atoms with Crippen LogP contribution in [0, 0.1) is 6.92 Å². The van der Waals surface area contributed by atoms with E-state index in [0.29, 0.717) is 16.2 Å². The van der Waals surface area contributed by atoms with E-state index in [-0.39, 0.29) is 15.9 Å². The summed E-state index contributed by atoms with van der Waals surface area (Å²) in [7, 11) is -0.193. The van der Waals surface area contributed by atoms with Crippen molar-refractivity contribution in [1.29, 1.82) is 0 Å². The van der Waals surface area contributed by atoms with Crippen LogP contribution < -0.4 is 4.74 Å². The molecule has 1 unspecified atom stereocenters. The summed E-state index contributed by atoms with van der Waals surface area (Å²) in [5.74, 6) is -0.520. The molecule has 1 aliphatic heterocycles. The maximum atomic E-state index is 12.3. The Labute approximate surface area is 124 Å². The van der Waals surface area contributed by atoms with E-state index in [9.17, 15) is 14.1 Å². The molecular formula is C14H15ClO4S. The number of carboxylic acids is 1. The molecule has 0 fully saturated rings. The number of benzene rings is 1. The van der Waals surface area contributed by atoms with Crippen molar-refractivity contribution in [3.63, 3.8) is 0 Å². The third-order valence-corrected chi connectivity index (χ3v) is 5.21. The predicted molar refractivity (Wildman–Crippen MR) is 78.6 cm³/mol. The number of hydrogen-bond donors (Lipinski definition) is 1. The first-order valence-corrected chi connectivity index (χ1v) is 7.60. The molecule has 0 amide bonds. The zero-order valence-corrected chi connectivity index (χ0v) is 13.2. The zero-order valence-electron chi connectivity index (χ0n) is 11.6. The second-order valence-corrected chi connectivity index (χ2v) is 6.65. The summed E-state index contributed by atoms with van der Waals surface area (Å²) >= 11 is 6.18. The lowest BCUT2D eigenvalue weighted by Crippen LogP contribution is -2.04. The molecule has 1 aromatic rings. The Bertz CT molecular complexity index is 662. The third kappa shape index (κ3) is 2.05. The summed E-state index contributed by atoms with van der Waals surface area (Å²) < 4.78 is 17.7. The second-order valence-electron chi connectivity index (χ2n) is 4.89. The third-order valence-electron chi connectivity index (χ3n) is 3.25. The molecule has 0 bridgehead atoms. The number of fused-ring (bicyclic) bond motifs is 1. The van der Waals surface area contributed by atoms with Crippen molar-refractivity contribution < 1.29 is 18.8 Å². The van der Waals surface area contributed by atoms with Gasteiger partial charge < -0.3 is 9.84 Å². The van der Waals surface area contributed by atoms with Gasteiger partial charge in [0.2, 0.25) is 0 Å². The fourth-order valence-corrected chi connectivity index (χ4v) is 4.34. The largest absolute Gasteiger partial charge is 0.496 e. The molecule has 0 saturated carbocycles. The van der Waals surface area contributed by atoms with Gasteiger partial charge in [0.05, 0.1) is 27.8 Å². The van der Waals surface area contributed by atoms with Crippen LogP contribution in [0.5, 0.6) is 5.75 Å². The van der Waals surface area contributed by atoms with E-state index in [1.165, 1.54) is 0 Å². The highest BCUT2D eigenvalue weighted by Crippen LogP contribution is 2.47. The van der Waals surface area contributed by atoms with Crippen LogP contribution in [-0.2, 0) is 15.6 Å². The normalized spacial score (nSPS) is 17.6.